The van der Waals surface area contributed by atoms with Crippen molar-refractivity contribution in [2.75, 3.05) is 11.9 Å². The first-order chi connectivity index (χ1) is 11.8. The molecule has 2 nitrogen and oxygen atoms in total. The summed E-state index contributed by atoms with van der Waals surface area (Å²) in [4.78, 5) is 0. The second-order valence-corrected chi connectivity index (χ2v) is 7.08. The maximum Gasteiger partial charge on any atom is 0.0712 e. The Morgan fingerprint density at radius 3 is 1.79 bits per heavy atom. The van der Waals surface area contributed by atoms with E-state index in [9.17, 15) is 5.11 Å². The van der Waals surface area contributed by atoms with Gasteiger partial charge in [0.15, 0.2) is 0 Å². The van der Waals surface area contributed by atoms with Crippen LogP contribution >= 0.6 is 0 Å². The van der Waals surface area contributed by atoms with Crippen LogP contribution < -0.4 is 5.32 Å². The van der Waals surface area contributed by atoms with Gasteiger partial charge >= 0.3 is 0 Å². The SMILES string of the molecule is CCCCCCCCCCCCCCC(O)CNc1ccccc1. The van der Waals surface area contributed by atoms with Gasteiger partial charge < -0.3 is 10.4 Å². The summed E-state index contributed by atoms with van der Waals surface area (Å²) >= 11 is 0. The summed E-state index contributed by atoms with van der Waals surface area (Å²) in [5.41, 5.74) is 1.09. The van der Waals surface area contributed by atoms with Crippen LogP contribution in [0.5, 0.6) is 0 Å². The Morgan fingerprint density at radius 1 is 0.750 bits per heavy atom. The van der Waals surface area contributed by atoms with Crippen molar-refractivity contribution < 1.29 is 5.11 Å². The largest absolute Gasteiger partial charge is 0.391 e. The topological polar surface area (TPSA) is 32.3 Å². The second-order valence-electron chi connectivity index (χ2n) is 7.08. The van der Waals surface area contributed by atoms with Gasteiger partial charge in [-0.2, -0.15) is 0 Å². The van der Waals surface area contributed by atoms with E-state index < -0.39 is 0 Å². The zero-order valence-corrected chi connectivity index (χ0v) is 15.8. The van der Waals surface area contributed by atoms with Crippen molar-refractivity contribution in [3.8, 4) is 0 Å². The number of benzene rings is 1. The van der Waals surface area contributed by atoms with Gasteiger partial charge in [-0.05, 0) is 18.6 Å². The van der Waals surface area contributed by atoms with Crippen LogP contribution in [0.1, 0.15) is 90.4 Å². The number of hydrogen-bond donors (Lipinski definition) is 2. The van der Waals surface area contributed by atoms with E-state index in [1.807, 2.05) is 30.3 Å². The number of nitrogens with one attached hydrogen (secondary N) is 1. The molecule has 0 spiro atoms. The van der Waals surface area contributed by atoms with Gasteiger partial charge in [0, 0.05) is 12.2 Å². The highest BCUT2D eigenvalue weighted by Crippen LogP contribution is 2.13. The predicted octanol–water partition coefficient (Wildman–Crippen LogP) is 6.55. The van der Waals surface area contributed by atoms with Gasteiger partial charge in [0.1, 0.15) is 0 Å². The molecule has 1 aromatic carbocycles. The predicted molar refractivity (Wildman–Crippen MR) is 107 cm³/mol. The minimum atomic E-state index is -0.228. The maximum absolute atomic E-state index is 10.0. The Labute approximate surface area is 150 Å². The fourth-order valence-corrected chi connectivity index (χ4v) is 3.11. The summed E-state index contributed by atoms with van der Waals surface area (Å²) in [7, 11) is 0. The normalized spacial score (nSPS) is 12.2. The zero-order chi connectivity index (χ0) is 17.3. The van der Waals surface area contributed by atoms with Crippen molar-refractivity contribution in [1.29, 1.82) is 0 Å². The highest BCUT2D eigenvalue weighted by Gasteiger charge is 2.03. The molecule has 2 heteroatoms. The highest BCUT2D eigenvalue weighted by atomic mass is 16.3. The fourth-order valence-electron chi connectivity index (χ4n) is 3.11. The molecule has 0 aliphatic heterocycles. The Balaban J connectivity index is 1.81. The van der Waals surface area contributed by atoms with Crippen LogP contribution in [-0.4, -0.2) is 17.8 Å². The van der Waals surface area contributed by atoms with Crippen LogP contribution in [0.2, 0.25) is 0 Å². The molecule has 1 atom stereocenters. The summed E-state index contributed by atoms with van der Waals surface area (Å²) in [5, 5.41) is 13.3. The molecule has 2 N–H and O–H groups in total. The van der Waals surface area contributed by atoms with Crippen molar-refractivity contribution in [3.63, 3.8) is 0 Å². The second kappa shape index (κ2) is 15.5. The number of unbranched alkanes of at least 4 members (excludes halogenated alkanes) is 11. The fraction of sp³-hybridized carbons (Fsp3) is 0.727. The van der Waals surface area contributed by atoms with E-state index in [4.69, 9.17) is 0 Å². The van der Waals surface area contributed by atoms with Crippen LogP contribution in [0, 0.1) is 0 Å². The number of rotatable bonds is 16. The molecule has 0 radical (unpaired) electrons. The first-order valence-corrected chi connectivity index (χ1v) is 10.3. The summed E-state index contributed by atoms with van der Waals surface area (Å²) in [6.07, 6.45) is 17.1. The van der Waals surface area contributed by atoms with Crippen LogP contribution in [0.4, 0.5) is 5.69 Å². The number of anilines is 1. The molecule has 0 saturated carbocycles. The number of aliphatic hydroxyl groups is 1. The smallest absolute Gasteiger partial charge is 0.0712 e. The minimum Gasteiger partial charge on any atom is -0.391 e. The molecule has 0 amide bonds. The summed E-state index contributed by atoms with van der Waals surface area (Å²) in [6, 6.07) is 10.1. The van der Waals surface area contributed by atoms with Crippen LogP contribution in [0.25, 0.3) is 0 Å². The Morgan fingerprint density at radius 2 is 1.25 bits per heavy atom. The Bertz CT molecular complexity index is 365. The van der Waals surface area contributed by atoms with E-state index in [2.05, 4.69) is 12.2 Å². The van der Waals surface area contributed by atoms with Crippen molar-refractivity contribution in [2.45, 2.75) is 96.5 Å². The molecule has 138 valence electrons. The standard InChI is InChI=1S/C22H39NO/c1-2-3-4-5-6-7-8-9-10-11-12-16-19-22(24)20-23-21-17-14-13-15-18-21/h13-15,17-18,22-24H,2-12,16,19-20H2,1H3. The van der Waals surface area contributed by atoms with E-state index >= 15 is 0 Å². The van der Waals surface area contributed by atoms with E-state index in [1.165, 1.54) is 70.6 Å². The summed E-state index contributed by atoms with van der Waals surface area (Å²) in [5.74, 6) is 0. The Hall–Kier alpha value is -1.02. The van der Waals surface area contributed by atoms with Crippen LogP contribution in [0.3, 0.4) is 0 Å². The third-order valence-electron chi connectivity index (χ3n) is 4.71. The summed E-state index contributed by atoms with van der Waals surface area (Å²) < 4.78 is 0. The third-order valence-corrected chi connectivity index (χ3v) is 4.71. The lowest BCUT2D eigenvalue weighted by Gasteiger charge is -2.12. The first kappa shape index (κ1) is 21.0. The molecular formula is C22H39NO. The molecule has 0 aliphatic carbocycles. The van der Waals surface area contributed by atoms with Gasteiger partial charge in [-0.15, -0.1) is 0 Å². The molecule has 0 bridgehead atoms. The maximum atomic E-state index is 10.0. The van der Waals surface area contributed by atoms with Gasteiger partial charge in [0.25, 0.3) is 0 Å². The number of hydrogen-bond acceptors (Lipinski definition) is 2. The molecule has 0 aliphatic rings. The molecule has 0 saturated heterocycles. The van der Waals surface area contributed by atoms with E-state index in [0.717, 1.165) is 18.5 Å². The van der Waals surface area contributed by atoms with Crippen molar-refractivity contribution >= 4 is 5.69 Å². The lowest BCUT2D eigenvalue weighted by Crippen LogP contribution is -2.19. The van der Waals surface area contributed by atoms with Crippen molar-refractivity contribution in [1.82, 2.24) is 0 Å². The van der Waals surface area contributed by atoms with Crippen LogP contribution in [0.15, 0.2) is 30.3 Å². The average molecular weight is 334 g/mol. The van der Waals surface area contributed by atoms with E-state index in [0.29, 0.717) is 6.54 Å². The quantitative estimate of drug-likeness (QED) is 0.336. The monoisotopic (exact) mass is 333 g/mol. The first-order valence-electron chi connectivity index (χ1n) is 10.3. The summed E-state index contributed by atoms with van der Waals surface area (Å²) in [6.45, 7) is 2.93. The lowest BCUT2D eigenvalue weighted by molar-refractivity contribution is 0.173. The van der Waals surface area contributed by atoms with Gasteiger partial charge in [-0.1, -0.05) is 102 Å². The zero-order valence-electron chi connectivity index (χ0n) is 15.8. The van der Waals surface area contributed by atoms with Crippen molar-refractivity contribution in [3.05, 3.63) is 30.3 Å². The molecule has 0 aromatic heterocycles. The van der Waals surface area contributed by atoms with Crippen LogP contribution in [-0.2, 0) is 0 Å². The molecular weight excluding hydrogens is 294 g/mol. The molecule has 0 heterocycles. The van der Waals surface area contributed by atoms with Gasteiger partial charge in [0.2, 0.25) is 0 Å². The molecule has 1 unspecified atom stereocenters. The number of para-hydroxylation sites is 1. The third kappa shape index (κ3) is 12.4. The molecule has 0 fully saturated rings. The molecule has 24 heavy (non-hydrogen) atoms. The Kier molecular flexibility index (Phi) is 13.6. The highest BCUT2D eigenvalue weighted by molar-refractivity contribution is 5.42. The van der Waals surface area contributed by atoms with Gasteiger partial charge in [-0.3, -0.25) is 0 Å². The number of aliphatic hydroxyl groups excluding tert-OH is 1. The van der Waals surface area contributed by atoms with Gasteiger partial charge in [-0.25, -0.2) is 0 Å². The van der Waals surface area contributed by atoms with E-state index in [1.54, 1.807) is 0 Å². The van der Waals surface area contributed by atoms with Crippen molar-refractivity contribution in [2.24, 2.45) is 0 Å². The minimum absolute atomic E-state index is 0.228. The lowest BCUT2D eigenvalue weighted by atomic mass is 10.0. The average Bonchev–Trinajstić information content (AvgIpc) is 2.62. The van der Waals surface area contributed by atoms with Gasteiger partial charge in [0.05, 0.1) is 6.10 Å². The van der Waals surface area contributed by atoms with E-state index in [-0.39, 0.29) is 6.10 Å². The molecule has 1 rings (SSSR count). The molecule has 1 aromatic rings.